The Kier molecular flexibility index (Phi) is 7.19. The first-order valence-corrected chi connectivity index (χ1v) is 12.3. The molecule has 0 aliphatic carbocycles. The number of hydrogen-bond acceptors (Lipinski definition) is 6. The van der Waals surface area contributed by atoms with Gasteiger partial charge in [-0.1, -0.05) is 54.1 Å². The molecule has 1 atom stereocenters. The number of thiazole rings is 2. The average Bonchev–Trinajstić information content (AvgIpc) is 3.39. The van der Waals surface area contributed by atoms with Gasteiger partial charge in [-0.25, -0.2) is 9.97 Å². The van der Waals surface area contributed by atoms with E-state index in [0.29, 0.717) is 23.1 Å². The Morgan fingerprint density at radius 3 is 2.47 bits per heavy atom. The highest BCUT2D eigenvalue weighted by Gasteiger charge is 2.21. The molecule has 0 saturated carbocycles. The van der Waals surface area contributed by atoms with Crippen LogP contribution < -0.4 is 10.6 Å². The van der Waals surface area contributed by atoms with Gasteiger partial charge < -0.3 is 10.6 Å². The van der Waals surface area contributed by atoms with Crippen LogP contribution in [-0.2, 0) is 17.8 Å². The molecule has 4 rings (SSSR count). The maximum atomic E-state index is 13.1. The Morgan fingerprint density at radius 1 is 1.03 bits per heavy atom. The van der Waals surface area contributed by atoms with Gasteiger partial charge in [-0.2, -0.15) is 0 Å². The van der Waals surface area contributed by atoms with Crippen molar-refractivity contribution in [2.24, 2.45) is 0 Å². The molecule has 2 aromatic heterocycles. The Bertz CT molecular complexity index is 1190. The Labute approximate surface area is 200 Å². The zero-order valence-electron chi connectivity index (χ0n) is 17.8. The van der Waals surface area contributed by atoms with Crippen LogP contribution in [-0.4, -0.2) is 21.9 Å². The summed E-state index contributed by atoms with van der Waals surface area (Å²) in [6.07, 6.45) is 0.519. The number of amides is 1. The first kappa shape index (κ1) is 22.5. The molecule has 8 heteroatoms. The summed E-state index contributed by atoms with van der Waals surface area (Å²) in [7, 11) is 0. The molecule has 164 valence electrons. The molecule has 0 aliphatic rings. The zero-order chi connectivity index (χ0) is 22.5. The minimum atomic E-state index is -0.469. The van der Waals surface area contributed by atoms with Gasteiger partial charge in [-0.05, 0) is 37.1 Å². The van der Waals surface area contributed by atoms with Gasteiger partial charge in [0.05, 0.1) is 21.3 Å². The molecular formula is C24H23ClN4OS2. The molecule has 0 saturated heterocycles. The molecule has 2 aromatic carbocycles. The van der Waals surface area contributed by atoms with Crippen LogP contribution >= 0.6 is 34.3 Å². The molecule has 0 radical (unpaired) electrons. The van der Waals surface area contributed by atoms with E-state index in [1.54, 1.807) is 11.3 Å². The molecular weight excluding hydrogens is 460 g/mol. The molecule has 0 bridgehead atoms. The minimum Gasteiger partial charge on any atom is -0.350 e. The molecule has 0 spiro atoms. The van der Waals surface area contributed by atoms with Crippen LogP contribution in [0, 0.1) is 13.8 Å². The van der Waals surface area contributed by atoms with E-state index in [9.17, 15) is 4.79 Å². The molecule has 2 heterocycles. The summed E-state index contributed by atoms with van der Waals surface area (Å²) in [5.74, 6) is -0.0784. The molecule has 0 aliphatic heterocycles. The van der Waals surface area contributed by atoms with Crippen molar-refractivity contribution in [1.82, 2.24) is 15.3 Å². The summed E-state index contributed by atoms with van der Waals surface area (Å²) in [5.41, 5.74) is 3.93. The highest BCUT2D eigenvalue weighted by atomic mass is 35.5. The van der Waals surface area contributed by atoms with Crippen molar-refractivity contribution in [1.29, 1.82) is 0 Å². The topological polar surface area (TPSA) is 66.9 Å². The van der Waals surface area contributed by atoms with Gasteiger partial charge in [0.1, 0.15) is 6.04 Å². The monoisotopic (exact) mass is 482 g/mol. The first-order valence-electron chi connectivity index (χ1n) is 10.2. The number of aryl methyl sites for hydroxylation is 2. The van der Waals surface area contributed by atoms with Gasteiger partial charge >= 0.3 is 0 Å². The Balaban J connectivity index is 1.51. The van der Waals surface area contributed by atoms with Gasteiger partial charge in [-0.3, -0.25) is 4.79 Å². The molecule has 1 unspecified atom stereocenters. The number of anilines is 1. The number of carbonyl (C=O) groups excluding carboxylic acids is 1. The third-order valence-electron chi connectivity index (χ3n) is 4.92. The lowest BCUT2D eigenvalue weighted by atomic mass is 10.1. The lowest BCUT2D eigenvalue weighted by Gasteiger charge is -2.18. The van der Waals surface area contributed by atoms with E-state index in [-0.39, 0.29) is 5.91 Å². The number of hydrogen-bond donors (Lipinski definition) is 2. The van der Waals surface area contributed by atoms with Crippen LogP contribution in [0.15, 0.2) is 60.0 Å². The van der Waals surface area contributed by atoms with Gasteiger partial charge in [0.15, 0.2) is 5.13 Å². The predicted octanol–water partition coefficient (Wildman–Crippen LogP) is 5.88. The first-order chi connectivity index (χ1) is 15.5. The second-order valence-corrected chi connectivity index (χ2v) is 9.91. The van der Waals surface area contributed by atoms with Crippen LogP contribution in [0.5, 0.6) is 0 Å². The van der Waals surface area contributed by atoms with Crippen LogP contribution in [0.4, 0.5) is 5.13 Å². The average molecular weight is 483 g/mol. The van der Waals surface area contributed by atoms with E-state index in [1.807, 2.05) is 73.8 Å². The SMILES string of the molecule is Cc1nc(C)c(-c2csc(NC(Cc3ccc(Cl)cc3)C(=O)NCc3ccccc3)n2)s1. The Morgan fingerprint density at radius 2 is 1.78 bits per heavy atom. The third-order valence-corrected chi connectivity index (χ3v) is 7.04. The van der Waals surface area contributed by atoms with Crippen LogP contribution in [0.25, 0.3) is 10.6 Å². The summed E-state index contributed by atoms with van der Waals surface area (Å²) >= 11 is 9.15. The van der Waals surface area contributed by atoms with Crippen LogP contribution in [0.2, 0.25) is 5.02 Å². The zero-order valence-corrected chi connectivity index (χ0v) is 20.2. The molecule has 2 N–H and O–H groups in total. The van der Waals surface area contributed by atoms with E-state index >= 15 is 0 Å². The quantitative estimate of drug-likeness (QED) is 0.329. The fraction of sp³-hybridized carbons (Fsp3) is 0.208. The summed E-state index contributed by atoms with van der Waals surface area (Å²) in [5, 5.41) is 10.8. The fourth-order valence-corrected chi connectivity index (χ4v) is 5.17. The van der Waals surface area contributed by atoms with Gasteiger partial charge in [0, 0.05) is 23.4 Å². The third kappa shape index (κ3) is 5.73. The minimum absolute atomic E-state index is 0.0784. The van der Waals surface area contributed by atoms with Gasteiger partial charge in [0.25, 0.3) is 0 Å². The predicted molar refractivity (Wildman–Crippen MR) is 134 cm³/mol. The fourth-order valence-electron chi connectivity index (χ4n) is 3.34. The van der Waals surface area contributed by atoms with E-state index in [0.717, 1.165) is 32.4 Å². The van der Waals surface area contributed by atoms with Crippen molar-refractivity contribution in [2.45, 2.75) is 32.9 Å². The summed E-state index contributed by atoms with van der Waals surface area (Å²) in [6, 6.07) is 17.0. The molecule has 0 fully saturated rings. The van der Waals surface area contributed by atoms with Crippen molar-refractivity contribution in [3.63, 3.8) is 0 Å². The smallest absolute Gasteiger partial charge is 0.243 e. The van der Waals surface area contributed by atoms with Crippen molar-refractivity contribution in [2.75, 3.05) is 5.32 Å². The second-order valence-electron chi connectivity index (χ2n) is 7.42. The van der Waals surface area contributed by atoms with Crippen molar-refractivity contribution >= 4 is 45.3 Å². The van der Waals surface area contributed by atoms with Crippen molar-refractivity contribution < 1.29 is 4.79 Å². The van der Waals surface area contributed by atoms with E-state index < -0.39 is 6.04 Å². The molecule has 4 aromatic rings. The molecule has 32 heavy (non-hydrogen) atoms. The lowest BCUT2D eigenvalue weighted by molar-refractivity contribution is -0.122. The van der Waals surface area contributed by atoms with Gasteiger partial charge in [0.2, 0.25) is 5.91 Å². The number of nitrogens with zero attached hydrogens (tertiary/aromatic N) is 2. The molecule has 1 amide bonds. The maximum absolute atomic E-state index is 13.1. The van der Waals surface area contributed by atoms with Crippen molar-refractivity contribution in [3.8, 4) is 10.6 Å². The normalized spacial score (nSPS) is 11.8. The number of halogens is 1. The number of carbonyl (C=O) groups is 1. The Hall–Kier alpha value is -2.74. The highest BCUT2D eigenvalue weighted by molar-refractivity contribution is 7.16. The largest absolute Gasteiger partial charge is 0.350 e. The maximum Gasteiger partial charge on any atom is 0.243 e. The van der Waals surface area contributed by atoms with Crippen LogP contribution in [0.3, 0.4) is 0 Å². The van der Waals surface area contributed by atoms with E-state index in [1.165, 1.54) is 11.3 Å². The van der Waals surface area contributed by atoms with Gasteiger partial charge in [-0.15, -0.1) is 22.7 Å². The number of aromatic nitrogens is 2. The van der Waals surface area contributed by atoms with E-state index in [2.05, 4.69) is 15.6 Å². The van der Waals surface area contributed by atoms with E-state index in [4.69, 9.17) is 16.6 Å². The number of benzene rings is 2. The number of rotatable bonds is 8. The number of nitrogens with one attached hydrogen (secondary N) is 2. The highest BCUT2D eigenvalue weighted by Crippen LogP contribution is 2.32. The summed E-state index contributed by atoms with van der Waals surface area (Å²) in [6.45, 7) is 4.46. The summed E-state index contributed by atoms with van der Waals surface area (Å²) < 4.78 is 0. The summed E-state index contributed by atoms with van der Waals surface area (Å²) in [4.78, 5) is 23.4. The lowest BCUT2D eigenvalue weighted by Crippen LogP contribution is -2.40. The van der Waals surface area contributed by atoms with Crippen molar-refractivity contribution in [3.05, 3.63) is 86.8 Å². The van der Waals surface area contributed by atoms with Crippen LogP contribution in [0.1, 0.15) is 21.8 Å². The standard InChI is InChI=1S/C24H23ClN4OS2/c1-15-22(32-16(2)27-15)21-14-31-24(29-21)28-20(12-17-8-10-19(25)11-9-17)23(30)26-13-18-6-4-3-5-7-18/h3-11,14,20H,12-13H2,1-2H3,(H,26,30)(H,28,29). The second kappa shape index (κ2) is 10.3. The molecule has 5 nitrogen and oxygen atoms in total.